The molecule has 0 N–H and O–H groups in total. The molecule has 1 aliphatic heterocycles. The summed E-state index contributed by atoms with van der Waals surface area (Å²) in [4.78, 5) is 19.4. The quantitative estimate of drug-likeness (QED) is 0.701. The number of benzene rings is 2. The minimum atomic E-state index is -0.0131. The Morgan fingerprint density at radius 1 is 1.13 bits per heavy atom. The molecule has 0 saturated carbocycles. The van der Waals surface area contributed by atoms with Gasteiger partial charge in [0.25, 0.3) is 5.91 Å². The van der Waals surface area contributed by atoms with Crippen molar-refractivity contribution >= 4 is 22.9 Å². The fourth-order valence-electron chi connectivity index (χ4n) is 3.08. The van der Waals surface area contributed by atoms with E-state index in [1.807, 2.05) is 58.8 Å². The fourth-order valence-corrected chi connectivity index (χ4v) is 3.88. The first-order valence-electron chi connectivity index (χ1n) is 7.66. The standard InChI is InChI=1S/C19H16N2OS/c1-13-11-15-9-5-6-10-17(15)21(13)19(22)16-12-23-18(20-16)14-7-3-2-4-8-14/h2-10,12-13H,11H2,1H3/t13-/m1/s1. The van der Waals surface area contributed by atoms with Gasteiger partial charge < -0.3 is 4.90 Å². The molecule has 4 heteroatoms. The Morgan fingerprint density at radius 3 is 2.70 bits per heavy atom. The van der Waals surface area contributed by atoms with Crippen LogP contribution in [0.15, 0.2) is 60.0 Å². The molecule has 1 amide bonds. The van der Waals surface area contributed by atoms with Crippen molar-refractivity contribution in [2.24, 2.45) is 0 Å². The number of amides is 1. The van der Waals surface area contributed by atoms with Gasteiger partial charge in [-0.25, -0.2) is 4.98 Å². The Balaban J connectivity index is 1.67. The fraction of sp³-hybridized carbons (Fsp3) is 0.158. The summed E-state index contributed by atoms with van der Waals surface area (Å²) in [6, 6.07) is 18.3. The van der Waals surface area contributed by atoms with E-state index >= 15 is 0 Å². The van der Waals surface area contributed by atoms with Gasteiger partial charge in [-0.3, -0.25) is 4.79 Å². The molecular formula is C19H16N2OS. The lowest BCUT2D eigenvalue weighted by molar-refractivity contribution is 0.0977. The van der Waals surface area contributed by atoms with E-state index in [1.165, 1.54) is 16.9 Å². The topological polar surface area (TPSA) is 33.2 Å². The highest BCUT2D eigenvalue weighted by molar-refractivity contribution is 7.13. The van der Waals surface area contributed by atoms with Crippen molar-refractivity contribution in [1.82, 2.24) is 4.98 Å². The Hall–Kier alpha value is -2.46. The van der Waals surface area contributed by atoms with Crippen molar-refractivity contribution in [3.8, 4) is 10.6 Å². The summed E-state index contributed by atoms with van der Waals surface area (Å²) in [7, 11) is 0. The smallest absolute Gasteiger partial charge is 0.278 e. The van der Waals surface area contributed by atoms with E-state index in [2.05, 4.69) is 18.0 Å². The first-order valence-corrected chi connectivity index (χ1v) is 8.54. The maximum absolute atomic E-state index is 12.9. The van der Waals surface area contributed by atoms with Crippen LogP contribution in [0.4, 0.5) is 5.69 Å². The normalized spacial score (nSPS) is 16.4. The highest BCUT2D eigenvalue weighted by Crippen LogP contribution is 2.33. The second-order valence-corrected chi connectivity index (χ2v) is 6.62. The molecule has 1 atom stereocenters. The molecule has 1 aromatic heterocycles. The monoisotopic (exact) mass is 320 g/mol. The first-order chi connectivity index (χ1) is 11.2. The van der Waals surface area contributed by atoms with Crippen LogP contribution in [0.25, 0.3) is 10.6 Å². The molecule has 2 aromatic carbocycles. The molecular weight excluding hydrogens is 304 g/mol. The third-order valence-corrected chi connectivity index (χ3v) is 5.06. The molecule has 0 spiro atoms. The third kappa shape index (κ3) is 2.45. The molecule has 4 rings (SSSR count). The van der Waals surface area contributed by atoms with Crippen molar-refractivity contribution in [1.29, 1.82) is 0 Å². The number of rotatable bonds is 2. The zero-order valence-corrected chi connectivity index (χ0v) is 13.6. The molecule has 0 saturated heterocycles. The Bertz CT molecular complexity index is 857. The average Bonchev–Trinajstić information content (AvgIpc) is 3.19. The van der Waals surface area contributed by atoms with Gasteiger partial charge in [0.05, 0.1) is 0 Å². The SMILES string of the molecule is C[C@@H]1Cc2ccccc2N1C(=O)c1csc(-c2ccccc2)n1. The van der Waals surface area contributed by atoms with Gasteiger partial charge in [0.15, 0.2) is 0 Å². The summed E-state index contributed by atoms with van der Waals surface area (Å²) in [5, 5.41) is 2.74. The van der Waals surface area contributed by atoms with Crippen molar-refractivity contribution in [3.63, 3.8) is 0 Å². The molecule has 0 radical (unpaired) electrons. The van der Waals surface area contributed by atoms with Gasteiger partial charge in [0.1, 0.15) is 10.7 Å². The van der Waals surface area contributed by atoms with Gasteiger partial charge in [0.2, 0.25) is 0 Å². The summed E-state index contributed by atoms with van der Waals surface area (Å²) in [6.45, 7) is 2.09. The summed E-state index contributed by atoms with van der Waals surface area (Å²) in [6.07, 6.45) is 0.900. The predicted octanol–water partition coefficient (Wildman–Crippen LogP) is 4.40. The second kappa shape index (κ2) is 5.63. The zero-order valence-electron chi connectivity index (χ0n) is 12.8. The van der Waals surface area contributed by atoms with Crippen LogP contribution >= 0.6 is 11.3 Å². The Morgan fingerprint density at radius 2 is 1.87 bits per heavy atom. The lowest BCUT2D eigenvalue weighted by Crippen LogP contribution is -2.35. The van der Waals surface area contributed by atoms with Gasteiger partial charge in [-0.2, -0.15) is 0 Å². The van der Waals surface area contributed by atoms with Crippen LogP contribution in [0.2, 0.25) is 0 Å². The summed E-state index contributed by atoms with van der Waals surface area (Å²) in [5.41, 5.74) is 3.81. The largest absolute Gasteiger partial charge is 0.304 e. The van der Waals surface area contributed by atoms with E-state index in [0.717, 1.165) is 22.7 Å². The number of anilines is 1. The third-order valence-electron chi connectivity index (χ3n) is 4.17. The van der Waals surface area contributed by atoms with Crippen LogP contribution in [0.1, 0.15) is 23.0 Å². The van der Waals surface area contributed by atoms with Gasteiger partial charge in [-0.05, 0) is 25.0 Å². The molecule has 1 aliphatic rings. The number of hydrogen-bond donors (Lipinski definition) is 0. The van der Waals surface area contributed by atoms with Gasteiger partial charge in [-0.1, -0.05) is 48.5 Å². The van der Waals surface area contributed by atoms with Crippen LogP contribution in [0.5, 0.6) is 0 Å². The van der Waals surface area contributed by atoms with Crippen molar-refractivity contribution in [3.05, 3.63) is 71.2 Å². The summed E-state index contributed by atoms with van der Waals surface area (Å²) < 4.78 is 0. The summed E-state index contributed by atoms with van der Waals surface area (Å²) >= 11 is 1.51. The molecule has 2 heterocycles. The van der Waals surface area contributed by atoms with E-state index in [9.17, 15) is 4.79 Å². The van der Waals surface area contributed by atoms with E-state index < -0.39 is 0 Å². The molecule has 0 bridgehead atoms. The molecule has 3 nitrogen and oxygen atoms in total. The number of aromatic nitrogens is 1. The van der Waals surface area contributed by atoms with Gasteiger partial charge >= 0.3 is 0 Å². The van der Waals surface area contributed by atoms with E-state index in [0.29, 0.717) is 5.69 Å². The zero-order chi connectivity index (χ0) is 15.8. The number of nitrogens with zero attached hydrogens (tertiary/aromatic N) is 2. The lowest BCUT2D eigenvalue weighted by Gasteiger charge is -2.21. The van der Waals surface area contributed by atoms with E-state index in [1.54, 1.807) is 0 Å². The number of carbonyl (C=O) groups is 1. The van der Waals surface area contributed by atoms with Crippen LogP contribution in [0.3, 0.4) is 0 Å². The van der Waals surface area contributed by atoms with Crippen LogP contribution in [-0.4, -0.2) is 16.9 Å². The number of thiazole rings is 1. The minimum Gasteiger partial charge on any atom is -0.304 e. The first kappa shape index (κ1) is 14.2. The van der Waals surface area contributed by atoms with Crippen molar-refractivity contribution in [2.45, 2.75) is 19.4 Å². The number of hydrogen-bond acceptors (Lipinski definition) is 3. The van der Waals surface area contributed by atoms with Crippen LogP contribution < -0.4 is 4.90 Å². The van der Waals surface area contributed by atoms with Crippen molar-refractivity contribution < 1.29 is 4.79 Å². The molecule has 3 aromatic rings. The van der Waals surface area contributed by atoms with Crippen molar-refractivity contribution in [2.75, 3.05) is 4.90 Å². The number of para-hydroxylation sites is 1. The number of carbonyl (C=O) groups excluding carboxylic acids is 1. The second-order valence-electron chi connectivity index (χ2n) is 5.76. The Kier molecular flexibility index (Phi) is 3.46. The Labute approximate surface area is 139 Å². The average molecular weight is 320 g/mol. The summed E-state index contributed by atoms with van der Waals surface area (Å²) in [5.74, 6) is -0.0131. The van der Waals surface area contributed by atoms with Crippen LogP contribution in [0, 0.1) is 0 Å². The highest BCUT2D eigenvalue weighted by Gasteiger charge is 2.32. The molecule has 0 unspecified atom stereocenters. The molecule has 0 fully saturated rings. The van der Waals surface area contributed by atoms with Gasteiger partial charge in [-0.15, -0.1) is 11.3 Å². The highest BCUT2D eigenvalue weighted by atomic mass is 32.1. The maximum Gasteiger partial charge on any atom is 0.278 e. The van der Waals surface area contributed by atoms with E-state index in [-0.39, 0.29) is 11.9 Å². The number of fused-ring (bicyclic) bond motifs is 1. The maximum atomic E-state index is 12.9. The minimum absolute atomic E-state index is 0.0131. The van der Waals surface area contributed by atoms with E-state index in [4.69, 9.17) is 0 Å². The lowest BCUT2D eigenvalue weighted by atomic mass is 10.1. The van der Waals surface area contributed by atoms with Gasteiger partial charge in [0, 0.05) is 22.7 Å². The molecule has 114 valence electrons. The molecule has 0 aliphatic carbocycles. The predicted molar refractivity (Wildman–Crippen MR) is 94.0 cm³/mol. The van der Waals surface area contributed by atoms with Crippen LogP contribution in [-0.2, 0) is 6.42 Å². The molecule has 23 heavy (non-hydrogen) atoms.